The Hall–Kier alpha value is -2.80. The number of anilines is 2. The Balaban J connectivity index is 1.62. The molecule has 0 radical (unpaired) electrons. The van der Waals surface area contributed by atoms with Crippen LogP contribution in [0.2, 0.25) is 0 Å². The van der Waals surface area contributed by atoms with Crippen LogP contribution in [0.25, 0.3) is 11.0 Å². The summed E-state index contributed by atoms with van der Waals surface area (Å²) in [6.07, 6.45) is -0.541. The molecule has 2 N–H and O–H groups in total. The van der Waals surface area contributed by atoms with Gasteiger partial charge in [0.05, 0.1) is 5.69 Å². The van der Waals surface area contributed by atoms with Crippen LogP contribution in [0.4, 0.5) is 11.4 Å². The molecule has 2 heterocycles. The minimum absolute atomic E-state index is 0.223. The lowest BCUT2D eigenvalue weighted by atomic mass is 10.1. The van der Waals surface area contributed by atoms with Crippen molar-refractivity contribution in [2.24, 2.45) is 0 Å². The van der Waals surface area contributed by atoms with Crippen LogP contribution in [-0.2, 0) is 4.79 Å². The number of carbonyl (C=O) groups is 2. The van der Waals surface area contributed by atoms with Crippen LogP contribution in [0.1, 0.15) is 23.0 Å². The highest BCUT2D eigenvalue weighted by molar-refractivity contribution is 9.10. The van der Waals surface area contributed by atoms with E-state index < -0.39 is 6.10 Å². The topological polar surface area (TPSA) is 80.6 Å². The van der Waals surface area contributed by atoms with Crippen molar-refractivity contribution in [3.63, 3.8) is 0 Å². The molecule has 3 aromatic rings. The van der Waals surface area contributed by atoms with E-state index in [0.29, 0.717) is 22.7 Å². The van der Waals surface area contributed by atoms with E-state index in [1.54, 1.807) is 25.1 Å². The summed E-state index contributed by atoms with van der Waals surface area (Å²) >= 11 is 3.42. The fourth-order valence-corrected chi connectivity index (χ4v) is 3.25. The summed E-state index contributed by atoms with van der Waals surface area (Å²) in [4.78, 5) is 24.4. The summed E-state index contributed by atoms with van der Waals surface area (Å²) in [5, 5.41) is 6.44. The van der Waals surface area contributed by atoms with Crippen molar-refractivity contribution in [3.05, 3.63) is 52.2 Å². The molecule has 0 spiro atoms. The number of furan rings is 1. The Morgan fingerprint density at radius 2 is 2.04 bits per heavy atom. The Bertz CT molecular complexity index is 1060. The van der Waals surface area contributed by atoms with Gasteiger partial charge < -0.3 is 19.8 Å². The normalized spacial score (nSPS) is 16.0. The van der Waals surface area contributed by atoms with Crippen molar-refractivity contribution in [1.82, 2.24) is 0 Å². The van der Waals surface area contributed by atoms with Crippen LogP contribution in [0, 0.1) is 6.92 Å². The molecule has 4 rings (SSSR count). The number of halogens is 1. The predicted octanol–water partition coefficient (Wildman–Crippen LogP) is 4.48. The number of benzene rings is 2. The lowest BCUT2D eigenvalue weighted by Gasteiger charge is -2.23. The smallest absolute Gasteiger partial charge is 0.291 e. The van der Waals surface area contributed by atoms with Gasteiger partial charge in [-0.05, 0) is 50.2 Å². The molecule has 26 heavy (non-hydrogen) atoms. The standard InChI is InChI=1S/C19H15BrN2O4/c1-9-13-7-11(20)3-5-15(13)26-17(9)19(24)21-12-4-6-16-14(8-12)22-18(23)10(2)25-16/h3-8,10H,1-2H3,(H,21,24)(H,22,23). The van der Waals surface area contributed by atoms with Crippen LogP contribution in [0.15, 0.2) is 45.3 Å². The first-order chi connectivity index (χ1) is 12.4. The van der Waals surface area contributed by atoms with Crippen LogP contribution in [0.5, 0.6) is 5.75 Å². The van der Waals surface area contributed by atoms with E-state index in [2.05, 4.69) is 26.6 Å². The van der Waals surface area contributed by atoms with Crippen molar-refractivity contribution >= 4 is 50.1 Å². The van der Waals surface area contributed by atoms with Gasteiger partial charge in [0.15, 0.2) is 11.9 Å². The zero-order valence-corrected chi connectivity index (χ0v) is 15.6. The summed E-state index contributed by atoms with van der Waals surface area (Å²) in [6, 6.07) is 10.7. The molecule has 0 fully saturated rings. The minimum atomic E-state index is -0.541. The molecule has 132 valence electrons. The number of nitrogens with one attached hydrogen (secondary N) is 2. The van der Waals surface area contributed by atoms with Gasteiger partial charge >= 0.3 is 0 Å². The minimum Gasteiger partial charge on any atom is -0.479 e. The van der Waals surface area contributed by atoms with Gasteiger partial charge in [0, 0.05) is 21.1 Å². The molecule has 0 aliphatic carbocycles. The van der Waals surface area contributed by atoms with Crippen LogP contribution in [0.3, 0.4) is 0 Å². The second kappa shape index (κ2) is 6.17. The summed E-state index contributed by atoms with van der Waals surface area (Å²) in [5.74, 6) is 0.246. The van der Waals surface area contributed by atoms with Gasteiger partial charge in [0.1, 0.15) is 11.3 Å². The van der Waals surface area contributed by atoms with Crippen molar-refractivity contribution < 1.29 is 18.7 Å². The Kier molecular flexibility index (Phi) is 3.96. The fraction of sp³-hybridized carbons (Fsp3) is 0.158. The Labute approximate surface area is 157 Å². The molecule has 0 saturated carbocycles. The van der Waals surface area contributed by atoms with Gasteiger partial charge in [-0.1, -0.05) is 15.9 Å². The second-order valence-electron chi connectivity index (χ2n) is 6.11. The average Bonchev–Trinajstić information content (AvgIpc) is 2.93. The van der Waals surface area contributed by atoms with Gasteiger partial charge in [-0.15, -0.1) is 0 Å². The number of amides is 2. The summed E-state index contributed by atoms with van der Waals surface area (Å²) in [5.41, 5.74) is 2.47. The number of carbonyl (C=O) groups excluding carboxylic acids is 2. The molecular formula is C19H15BrN2O4. The molecular weight excluding hydrogens is 400 g/mol. The SMILES string of the molecule is Cc1c(C(=O)Nc2ccc3c(c2)NC(=O)C(C)O3)oc2ccc(Br)cc12. The third-order valence-electron chi connectivity index (χ3n) is 4.27. The highest BCUT2D eigenvalue weighted by Gasteiger charge is 2.24. The van der Waals surface area contributed by atoms with Crippen molar-refractivity contribution in [2.45, 2.75) is 20.0 Å². The number of fused-ring (bicyclic) bond motifs is 2. The molecule has 0 saturated heterocycles. The van der Waals surface area contributed by atoms with E-state index in [0.717, 1.165) is 15.4 Å². The van der Waals surface area contributed by atoms with E-state index in [1.165, 1.54) is 0 Å². The van der Waals surface area contributed by atoms with Crippen molar-refractivity contribution in [2.75, 3.05) is 10.6 Å². The Morgan fingerprint density at radius 3 is 2.85 bits per heavy atom. The zero-order chi connectivity index (χ0) is 18.4. The first-order valence-corrected chi connectivity index (χ1v) is 8.83. The molecule has 2 aromatic carbocycles. The van der Waals surface area contributed by atoms with Gasteiger partial charge in [0.25, 0.3) is 11.8 Å². The van der Waals surface area contributed by atoms with Gasteiger partial charge in [-0.25, -0.2) is 0 Å². The van der Waals surface area contributed by atoms with Gasteiger partial charge in [-0.2, -0.15) is 0 Å². The largest absolute Gasteiger partial charge is 0.479 e. The van der Waals surface area contributed by atoms with Crippen molar-refractivity contribution in [3.8, 4) is 5.75 Å². The maximum absolute atomic E-state index is 12.6. The molecule has 1 atom stereocenters. The predicted molar refractivity (Wildman–Crippen MR) is 102 cm³/mol. The molecule has 7 heteroatoms. The molecule has 1 aliphatic heterocycles. The highest BCUT2D eigenvalue weighted by atomic mass is 79.9. The van der Waals surface area contributed by atoms with E-state index in [4.69, 9.17) is 9.15 Å². The fourth-order valence-electron chi connectivity index (χ4n) is 2.88. The van der Waals surface area contributed by atoms with Gasteiger partial charge in [0.2, 0.25) is 0 Å². The number of aryl methyl sites for hydroxylation is 1. The van der Waals surface area contributed by atoms with E-state index >= 15 is 0 Å². The van der Waals surface area contributed by atoms with E-state index in [9.17, 15) is 9.59 Å². The van der Waals surface area contributed by atoms with Crippen LogP contribution in [-0.4, -0.2) is 17.9 Å². The first-order valence-electron chi connectivity index (χ1n) is 8.04. The third kappa shape index (κ3) is 2.84. The maximum Gasteiger partial charge on any atom is 0.291 e. The summed E-state index contributed by atoms with van der Waals surface area (Å²) in [7, 11) is 0. The number of hydrogen-bond acceptors (Lipinski definition) is 4. The molecule has 1 aromatic heterocycles. The lowest BCUT2D eigenvalue weighted by molar-refractivity contribution is -0.122. The molecule has 0 bridgehead atoms. The second-order valence-corrected chi connectivity index (χ2v) is 7.03. The maximum atomic E-state index is 12.6. The summed E-state index contributed by atoms with van der Waals surface area (Å²) < 4.78 is 12.1. The van der Waals surface area contributed by atoms with Gasteiger partial charge in [-0.3, -0.25) is 9.59 Å². The molecule has 1 aliphatic rings. The number of hydrogen-bond donors (Lipinski definition) is 2. The van der Waals surface area contributed by atoms with Crippen LogP contribution >= 0.6 is 15.9 Å². The monoisotopic (exact) mass is 414 g/mol. The summed E-state index contributed by atoms with van der Waals surface area (Å²) in [6.45, 7) is 3.52. The van der Waals surface area contributed by atoms with Crippen LogP contribution < -0.4 is 15.4 Å². The average molecular weight is 415 g/mol. The van der Waals surface area contributed by atoms with E-state index in [-0.39, 0.29) is 17.6 Å². The number of rotatable bonds is 2. The Morgan fingerprint density at radius 1 is 1.23 bits per heavy atom. The first kappa shape index (κ1) is 16.7. The highest BCUT2D eigenvalue weighted by Crippen LogP contribution is 2.33. The number of ether oxygens (including phenoxy) is 1. The molecule has 6 nitrogen and oxygen atoms in total. The lowest BCUT2D eigenvalue weighted by Crippen LogP contribution is -2.34. The van der Waals surface area contributed by atoms with E-state index in [1.807, 2.05) is 25.1 Å². The third-order valence-corrected chi connectivity index (χ3v) is 4.77. The molecule has 1 unspecified atom stereocenters. The van der Waals surface area contributed by atoms with Crippen molar-refractivity contribution in [1.29, 1.82) is 0 Å². The quantitative estimate of drug-likeness (QED) is 0.647. The zero-order valence-electron chi connectivity index (χ0n) is 14.1. The molecule has 2 amide bonds.